The molecule has 1 aliphatic heterocycles. The van der Waals surface area contributed by atoms with E-state index in [-0.39, 0.29) is 5.91 Å². The van der Waals surface area contributed by atoms with Gasteiger partial charge >= 0.3 is 0 Å². The Balaban J connectivity index is 1.58. The molecule has 3 heteroatoms. The van der Waals surface area contributed by atoms with Crippen molar-refractivity contribution in [2.24, 2.45) is 5.92 Å². The van der Waals surface area contributed by atoms with Gasteiger partial charge in [-0.1, -0.05) is 50.2 Å². The molecule has 2 atom stereocenters. The predicted molar refractivity (Wildman–Crippen MR) is 95.2 cm³/mol. The first-order valence-corrected chi connectivity index (χ1v) is 8.66. The largest absolute Gasteiger partial charge is 0.342 e. The van der Waals surface area contributed by atoms with E-state index in [9.17, 15) is 4.79 Å². The highest BCUT2D eigenvalue weighted by molar-refractivity contribution is 5.83. The maximum atomic E-state index is 11.8. The van der Waals surface area contributed by atoms with Gasteiger partial charge in [0.1, 0.15) is 0 Å². The molecule has 23 heavy (non-hydrogen) atoms. The Hall–Kier alpha value is -1.87. The maximum absolute atomic E-state index is 11.8. The second kappa shape index (κ2) is 7.14. The van der Waals surface area contributed by atoms with Crippen LogP contribution in [0.3, 0.4) is 0 Å². The fourth-order valence-electron chi connectivity index (χ4n) is 3.50. The van der Waals surface area contributed by atoms with Crippen LogP contribution in [0.1, 0.15) is 32.3 Å². The SMILES string of the molecule is CCC(=O)N1CCC(NCc2ccc3ccccc3c2)C(C)C1. The van der Waals surface area contributed by atoms with Gasteiger partial charge in [0.15, 0.2) is 0 Å². The summed E-state index contributed by atoms with van der Waals surface area (Å²) >= 11 is 0. The monoisotopic (exact) mass is 310 g/mol. The molecule has 1 amide bonds. The maximum Gasteiger partial charge on any atom is 0.222 e. The Morgan fingerprint density at radius 3 is 2.74 bits per heavy atom. The number of piperidine rings is 1. The number of fused-ring (bicyclic) bond motifs is 1. The molecule has 0 bridgehead atoms. The van der Waals surface area contributed by atoms with Crippen LogP contribution in [-0.2, 0) is 11.3 Å². The standard InChI is InChI=1S/C20H26N2O/c1-3-20(23)22-11-10-19(15(2)14-22)21-13-16-8-9-17-6-4-5-7-18(17)12-16/h4-9,12,15,19,21H,3,10-11,13-14H2,1-2H3. The normalized spacial score (nSPS) is 21.6. The highest BCUT2D eigenvalue weighted by Gasteiger charge is 2.27. The van der Waals surface area contributed by atoms with Gasteiger partial charge in [-0.15, -0.1) is 0 Å². The van der Waals surface area contributed by atoms with Crippen molar-refractivity contribution in [1.29, 1.82) is 0 Å². The summed E-state index contributed by atoms with van der Waals surface area (Å²) in [6.45, 7) is 6.83. The second-order valence-corrected chi connectivity index (χ2v) is 6.63. The zero-order valence-electron chi connectivity index (χ0n) is 14.1. The summed E-state index contributed by atoms with van der Waals surface area (Å²) in [5, 5.41) is 6.27. The fourth-order valence-corrected chi connectivity index (χ4v) is 3.50. The fraction of sp³-hybridized carbons (Fsp3) is 0.450. The lowest BCUT2D eigenvalue weighted by Crippen LogP contribution is -2.49. The van der Waals surface area contributed by atoms with Gasteiger partial charge in [-0.05, 0) is 34.7 Å². The van der Waals surface area contributed by atoms with E-state index < -0.39 is 0 Å². The Labute approximate surface area is 138 Å². The van der Waals surface area contributed by atoms with Crippen molar-refractivity contribution < 1.29 is 4.79 Å². The number of nitrogens with zero attached hydrogens (tertiary/aromatic N) is 1. The molecule has 1 heterocycles. The highest BCUT2D eigenvalue weighted by atomic mass is 16.2. The van der Waals surface area contributed by atoms with Gasteiger partial charge in [0.25, 0.3) is 0 Å². The molecule has 2 unspecified atom stereocenters. The number of amides is 1. The van der Waals surface area contributed by atoms with E-state index >= 15 is 0 Å². The minimum absolute atomic E-state index is 0.282. The van der Waals surface area contributed by atoms with E-state index in [0.717, 1.165) is 26.1 Å². The lowest BCUT2D eigenvalue weighted by Gasteiger charge is -2.37. The first-order chi connectivity index (χ1) is 11.2. The molecule has 1 aliphatic rings. The van der Waals surface area contributed by atoms with Crippen LogP contribution in [0.25, 0.3) is 10.8 Å². The summed E-state index contributed by atoms with van der Waals surface area (Å²) in [5.41, 5.74) is 1.32. The quantitative estimate of drug-likeness (QED) is 0.936. The Kier molecular flexibility index (Phi) is 4.97. The molecule has 3 rings (SSSR count). The van der Waals surface area contributed by atoms with Crippen LogP contribution >= 0.6 is 0 Å². The van der Waals surface area contributed by atoms with Crippen LogP contribution in [0, 0.1) is 5.92 Å². The van der Waals surface area contributed by atoms with E-state index in [0.29, 0.717) is 18.4 Å². The van der Waals surface area contributed by atoms with Crippen molar-refractivity contribution in [3.63, 3.8) is 0 Å². The van der Waals surface area contributed by atoms with Crippen LogP contribution in [0.4, 0.5) is 0 Å². The van der Waals surface area contributed by atoms with Crippen molar-refractivity contribution in [2.45, 2.75) is 39.3 Å². The summed E-state index contributed by atoms with van der Waals surface area (Å²) in [7, 11) is 0. The molecule has 0 aliphatic carbocycles. The van der Waals surface area contributed by atoms with Gasteiger partial charge in [-0.25, -0.2) is 0 Å². The van der Waals surface area contributed by atoms with Gasteiger partial charge < -0.3 is 10.2 Å². The van der Waals surface area contributed by atoms with Gasteiger partial charge in [-0.2, -0.15) is 0 Å². The summed E-state index contributed by atoms with van der Waals surface area (Å²) < 4.78 is 0. The molecule has 0 radical (unpaired) electrons. The van der Waals surface area contributed by atoms with Crippen LogP contribution in [0.15, 0.2) is 42.5 Å². The van der Waals surface area contributed by atoms with Crippen molar-refractivity contribution in [2.75, 3.05) is 13.1 Å². The Bertz CT molecular complexity index is 682. The van der Waals surface area contributed by atoms with Crippen molar-refractivity contribution in [3.05, 3.63) is 48.0 Å². The van der Waals surface area contributed by atoms with Crippen LogP contribution in [0.5, 0.6) is 0 Å². The summed E-state index contributed by atoms with van der Waals surface area (Å²) in [4.78, 5) is 13.8. The summed E-state index contributed by atoms with van der Waals surface area (Å²) in [6, 6.07) is 15.6. The number of carbonyl (C=O) groups is 1. The van der Waals surface area contributed by atoms with Crippen molar-refractivity contribution in [1.82, 2.24) is 10.2 Å². The van der Waals surface area contributed by atoms with E-state index in [4.69, 9.17) is 0 Å². The molecular weight excluding hydrogens is 284 g/mol. The summed E-state index contributed by atoms with van der Waals surface area (Å²) in [6.07, 6.45) is 1.66. The smallest absolute Gasteiger partial charge is 0.222 e. The van der Waals surface area contributed by atoms with Gasteiger partial charge in [0.2, 0.25) is 5.91 Å². The Morgan fingerprint density at radius 2 is 2.00 bits per heavy atom. The summed E-state index contributed by atoms with van der Waals surface area (Å²) in [5.74, 6) is 0.782. The van der Waals surface area contributed by atoms with Crippen molar-refractivity contribution in [3.8, 4) is 0 Å². The molecule has 3 nitrogen and oxygen atoms in total. The zero-order chi connectivity index (χ0) is 16.2. The lowest BCUT2D eigenvalue weighted by molar-refractivity contribution is -0.132. The number of benzene rings is 2. The minimum atomic E-state index is 0.282. The van der Waals surface area contributed by atoms with E-state index in [2.05, 4.69) is 54.7 Å². The third-order valence-corrected chi connectivity index (χ3v) is 4.94. The molecule has 1 saturated heterocycles. The molecule has 0 aromatic heterocycles. The molecule has 2 aromatic rings. The number of hydrogen-bond acceptors (Lipinski definition) is 2. The number of likely N-dealkylation sites (tertiary alicyclic amines) is 1. The third-order valence-electron chi connectivity index (χ3n) is 4.94. The molecule has 1 fully saturated rings. The Morgan fingerprint density at radius 1 is 1.22 bits per heavy atom. The predicted octanol–water partition coefficient (Wildman–Crippen LogP) is 3.58. The highest BCUT2D eigenvalue weighted by Crippen LogP contribution is 2.19. The number of hydrogen-bond donors (Lipinski definition) is 1. The van der Waals surface area contributed by atoms with Gasteiger partial charge in [0.05, 0.1) is 0 Å². The van der Waals surface area contributed by atoms with E-state index in [1.165, 1.54) is 16.3 Å². The van der Waals surface area contributed by atoms with E-state index in [1.807, 2.05) is 11.8 Å². The molecule has 122 valence electrons. The first-order valence-electron chi connectivity index (χ1n) is 8.66. The average Bonchev–Trinajstić information content (AvgIpc) is 2.59. The zero-order valence-corrected chi connectivity index (χ0v) is 14.1. The molecule has 1 N–H and O–H groups in total. The molecule has 2 aromatic carbocycles. The lowest BCUT2D eigenvalue weighted by atomic mass is 9.93. The minimum Gasteiger partial charge on any atom is -0.342 e. The topological polar surface area (TPSA) is 32.3 Å². The van der Waals surface area contributed by atoms with Gasteiger partial charge in [0, 0.05) is 32.1 Å². The van der Waals surface area contributed by atoms with E-state index in [1.54, 1.807) is 0 Å². The molecule has 0 saturated carbocycles. The number of carbonyl (C=O) groups excluding carboxylic acids is 1. The van der Waals surface area contributed by atoms with Crippen LogP contribution in [0.2, 0.25) is 0 Å². The van der Waals surface area contributed by atoms with Crippen LogP contribution in [-0.4, -0.2) is 29.9 Å². The average molecular weight is 310 g/mol. The third kappa shape index (κ3) is 3.73. The molecular formula is C20H26N2O. The van der Waals surface area contributed by atoms with Crippen molar-refractivity contribution >= 4 is 16.7 Å². The number of rotatable bonds is 4. The van der Waals surface area contributed by atoms with Crippen LogP contribution < -0.4 is 5.32 Å². The van der Waals surface area contributed by atoms with Gasteiger partial charge in [-0.3, -0.25) is 4.79 Å². The second-order valence-electron chi connectivity index (χ2n) is 6.63. The first kappa shape index (κ1) is 16.0. The number of nitrogens with one attached hydrogen (secondary N) is 1. The molecule has 0 spiro atoms.